The fraction of sp³-hybridized carbons (Fsp3) is 0.650. The van der Waals surface area contributed by atoms with Crippen LogP contribution in [0.15, 0.2) is 12.2 Å². The van der Waals surface area contributed by atoms with E-state index in [9.17, 15) is 15.0 Å². The summed E-state index contributed by atoms with van der Waals surface area (Å²) < 4.78 is 4.87. The smallest absolute Gasteiger partial charge is 0.302 e. The van der Waals surface area contributed by atoms with E-state index >= 15 is 0 Å². The Kier molecular flexibility index (Phi) is 14.9. The summed E-state index contributed by atoms with van der Waals surface area (Å²) in [7, 11) is 0. The van der Waals surface area contributed by atoms with Gasteiger partial charge in [0.05, 0.1) is 6.61 Å². The molecule has 0 bridgehead atoms. The molecule has 0 aliphatic carbocycles. The number of carbonyl (C=O) groups excluding carboxylic acids is 1. The monoisotopic (exact) mass is 334 g/mol. The molecule has 0 radical (unpaired) electrons. The predicted octanol–water partition coefficient (Wildman–Crippen LogP) is 2.98. The minimum atomic E-state index is -0.806. The summed E-state index contributed by atoms with van der Waals surface area (Å²) in [6.07, 6.45) is 10.2. The molecule has 0 aliphatic rings. The Balaban J connectivity index is 3.56. The third-order valence-corrected chi connectivity index (χ3v) is 3.30. The van der Waals surface area contributed by atoms with Gasteiger partial charge in [0.25, 0.3) is 0 Å². The second-order valence-corrected chi connectivity index (χ2v) is 5.59. The molecular formula is C20H30O4. The number of aliphatic hydroxyl groups is 2. The molecule has 2 atom stereocenters. The van der Waals surface area contributed by atoms with E-state index in [4.69, 9.17) is 4.74 Å². The van der Waals surface area contributed by atoms with Gasteiger partial charge in [0, 0.05) is 6.92 Å². The molecular weight excluding hydrogens is 304 g/mol. The summed E-state index contributed by atoms with van der Waals surface area (Å²) in [6.45, 7) is 3.80. The van der Waals surface area contributed by atoms with Gasteiger partial charge in [-0.05, 0) is 43.6 Å². The third-order valence-electron chi connectivity index (χ3n) is 3.30. The van der Waals surface area contributed by atoms with E-state index < -0.39 is 12.2 Å². The van der Waals surface area contributed by atoms with Gasteiger partial charge in [0.15, 0.2) is 0 Å². The fourth-order valence-corrected chi connectivity index (χ4v) is 1.89. The van der Waals surface area contributed by atoms with E-state index in [0.717, 1.165) is 38.5 Å². The first kappa shape index (κ1) is 22.2. The molecule has 0 amide bonds. The van der Waals surface area contributed by atoms with Crippen LogP contribution >= 0.6 is 0 Å². The van der Waals surface area contributed by atoms with Gasteiger partial charge in [-0.2, -0.15) is 0 Å². The van der Waals surface area contributed by atoms with E-state index in [1.54, 1.807) is 6.08 Å². The highest BCUT2D eigenvalue weighted by atomic mass is 16.5. The molecule has 0 heterocycles. The molecule has 2 unspecified atom stereocenters. The van der Waals surface area contributed by atoms with Gasteiger partial charge >= 0.3 is 5.97 Å². The molecule has 0 aliphatic heterocycles. The van der Waals surface area contributed by atoms with Crippen LogP contribution in [-0.2, 0) is 9.53 Å². The van der Waals surface area contributed by atoms with Crippen LogP contribution in [0.25, 0.3) is 0 Å². The van der Waals surface area contributed by atoms with Crippen LogP contribution in [0, 0.1) is 23.7 Å². The van der Waals surface area contributed by atoms with Crippen molar-refractivity contribution in [2.75, 3.05) is 6.61 Å². The lowest BCUT2D eigenvalue weighted by Crippen LogP contribution is -2.00. The molecule has 2 N–H and O–H groups in total. The van der Waals surface area contributed by atoms with Crippen LogP contribution in [0.1, 0.15) is 65.2 Å². The number of hydrogen-bond donors (Lipinski definition) is 2. The molecule has 134 valence electrons. The lowest BCUT2D eigenvalue weighted by Gasteiger charge is -2.02. The largest absolute Gasteiger partial charge is 0.466 e. The fourth-order valence-electron chi connectivity index (χ4n) is 1.89. The van der Waals surface area contributed by atoms with E-state index in [1.165, 1.54) is 13.3 Å². The summed E-state index contributed by atoms with van der Waals surface area (Å²) in [5.74, 6) is 10.0. The van der Waals surface area contributed by atoms with Crippen LogP contribution in [0.4, 0.5) is 0 Å². The summed E-state index contributed by atoms with van der Waals surface area (Å²) in [4.78, 5) is 10.6. The lowest BCUT2D eigenvalue weighted by atomic mass is 10.1. The second kappa shape index (κ2) is 16.1. The summed E-state index contributed by atoms with van der Waals surface area (Å²) in [5, 5.41) is 18.8. The van der Waals surface area contributed by atoms with Crippen molar-refractivity contribution in [3.05, 3.63) is 12.2 Å². The number of carbonyl (C=O) groups is 1. The van der Waals surface area contributed by atoms with Gasteiger partial charge in [-0.3, -0.25) is 4.79 Å². The van der Waals surface area contributed by atoms with Crippen LogP contribution < -0.4 is 0 Å². The SMILES string of the molecule is CCC(O)C#CC#CC(O)C=CCCCCCCCCOC(C)=O. The number of unbranched alkanes of at least 4 members (excludes halogenated alkanes) is 6. The van der Waals surface area contributed by atoms with Crippen molar-refractivity contribution >= 4 is 5.97 Å². The van der Waals surface area contributed by atoms with E-state index in [-0.39, 0.29) is 5.97 Å². The Morgan fingerprint density at radius 3 is 2.33 bits per heavy atom. The minimum Gasteiger partial charge on any atom is -0.466 e. The Morgan fingerprint density at radius 1 is 1.04 bits per heavy atom. The number of allylic oxidation sites excluding steroid dienone is 1. The van der Waals surface area contributed by atoms with Gasteiger partial charge in [0.2, 0.25) is 0 Å². The zero-order chi connectivity index (χ0) is 18.0. The van der Waals surface area contributed by atoms with Crippen LogP contribution in [-0.4, -0.2) is 35.0 Å². The van der Waals surface area contributed by atoms with Crippen molar-refractivity contribution in [2.45, 2.75) is 77.4 Å². The molecule has 0 aromatic carbocycles. The lowest BCUT2D eigenvalue weighted by molar-refractivity contribution is -0.141. The average molecular weight is 334 g/mol. The first-order valence-electron chi connectivity index (χ1n) is 8.73. The Hall–Kier alpha value is -1.75. The van der Waals surface area contributed by atoms with Crippen molar-refractivity contribution < 1.29 is 19.7 Å². The van der Waals surface area contributed by atoms with Gasteiger partial charge in [0.1, 0.15) is 12.2 Å². The molecule has 4 nitrogen and oxygen atoms in total. The second-order valence-electron chi connectivity index (χ2n) is 5.59. The summed E-state index contributed by atoms with van der Waals surface area (Å²) >= 11 is 0. The first-order chi connectivity index (χ1) is 11.6. The quantitative estimate of drug-likeness (QED) is 0.264. The molecule has 0 spiro atoms. The van der Waals surface area contributed by atoms with Crippen LogP contribution in [0.2, 0.25) is 0 Å². The molecule has 0 rings (SSSR count). The summed E-state index contributed by atoms with van der Waals surface area (Å²) in [6, 6.07) is 0. The van der Waals surface area contributed by atoms with E-state index in [2.05, 4.69) is 23.7 Å². The topological polar surface area (TPSA) is 66.8 Å². The third kappa shape index (κ3) is 16.6. The molecule has 0 aromatic rings. The standard InChI is InChI=1S/C20H30O4/c1-3-19(22)14-11-12-16-20(23)15-10-8-6-4-5-7-9-13-17-24-18(2)21/h10,15,19-20,22-23H,3-9,13,17H2,1-2H3. The number of ether oxygens (including phenoxy) is 1. The maximum atomic E-state index is 10.6. The maximum Gasteiger partial charge on any atom is 0.302 e. The number of esters is 1. The van der Waals surface area contributed by atoms with Crippen molar-refractivity contribution in [1.29, 1.82) is 0 Å². The van der Waals surface area contributed by atoms with Gasteiger partial charge < -0.3 is 14.9 Å². The Morgan fingerprint density at radius 2 is 1.67 bits per heavy atom. The van der Waals surface area contributed by atoms with E-state index in [0.29, 0.717) is 13.0 Å². The number of rotatable bonds is 11. The minimum absolute atomic E-state index is 0.209. The van der Waals surface area contributed by atoms with E-state index in [1.807, 2.05) is 13.0 Å². The molecule has 0 aromatic heterocycles. The van der Waals surface area contributed by atoms with Gasteiger partial charge in [-0.15, -0.1) is 0 Å². The molecule has 24 heavy (non-hydrogen) atoms. The van der Waals surface area contributed by atoms with Crippen molar-refractivity contribution in [2.24, 2.45) is 0 Å². The Labute approximate surface area is 146 Å². The first-order valence-corrected chi connectivity index (χ1v) is 8.73. The highest BCUT2D eigenvalue weighted by Crippen LogP contribution is 2.08. The van der Waals surface area contributed by atoms with Gasteiger partial charge in [-0.1, -0.05) is 50.5 Å². The molecule has 0 saturated carbocycles. The Bertz CT molecular complexity index is 473. The maximum absolute atomic E-state index is 10.6. The van der Waals surface area contributed by atoms with Crippen molar-refractivity contribution in [1.82, 2.24) is 0 Å². The zero-order valence-corrected chi connectivity index (χ0v) is 14.9. The van der Waals surface area contributed by atoms with Crippen molar-refractivity contribution in [3.8, 4) is 23.7 Å². The van der Waals surface area contributed by atoms with Crippen LogP contribution in [0.3, 0.4) is 0 Å². The van der Waals surface area contributed by atoms with Crippen molar-refractivity contribution in [3.63, 3.8) is 0 Å². The summed E-state index contributed by atoms with van der Waals surface area (Å²) in [5.41, 5.74) is 0. The highest BCUT2D eigenvalue weighted by molar-refractivity contribution is 5.65. The molecule has 0 fully saturated rings. The van der Waals surface area contributed by atoms with Crippen LogP contribution in [0.5, 0.6) is 0 Å². The average Bonchev–Trinajstić information content (AvgIpc) is 2.56. The zero-order valence-electron chi connectivity index (χ0n) is 14.9. The number of hydrogen-bond acceptors (Lipinski definition) is 4. The predicted molar refractivity (Wildman–Crippen MR) is 95.9 cm³/mol. The molecule has 4 heteroatoms. The highest BCUT2D eigenvalue weighted by Gasteiger charge is 1.94. The molecule has 0 saturated heterocycles. The van der Waals surface area contributed by atoms with Gasteiger partial charge in [-0.25, -0.2) is 0 Å². The number of aliphatic hydroxyl groups excluding tert-OH is 2. The normalized spacial score (nSPS) is 12.7.